The minimum absolute atomic E-state index is 0.00139. The summed E-state index contributed by atoms with van der Waals surface area (Å²) in [5.41, 5.74) is 4.33. The van der Waals surface area contributed by atoms with Crippen LogP contribution in [0.25, 0.3) is 5.69 Å². The van der Waals surface area contributed by atoms with E-state index in [0.717, 1.165) is 22.8 Å². The molecule has 0 bridgehead atoms. The van der Waals surface area contributed by atoms with Crippen LogP contribution < -0.4 is 5.32 Å². The molecule has 8 heteroatoms. The molecule has 3 aromatic rings. The number of hydrogen-bond donors (Lipinski definition) is 1. The SMILES string of the molecule is Cc1cc(C)n(-c2ccc(NC(=O)C3CCN(C(=O)c4ccnn4C)CC3)cc2)n1. The predicted molar refractivity (Wildman–Crippen MR) is 114 cm³/mol. The van der Waals surface area contributed by atoms with Gasteiger partial charge in [-0.2, -0.15) is 10.2 Å². The minimum atomic E-state index is -0.101. The molecule has 1 saturated heterocycles. The molecule has 0 aliphatic carbocycles. The van der Waals surface area contributed by atoms with E-state index in [-0.39, 0.29) is 17.7 Å². The summed E-state index contributed by atoms with van der Waals surface area (Å²) in [5, 5.41) is 11.5. The van der Waals surface area contributed by atoms with E-state index < -0.39 is 0 Å². The highest BCUT2D eigenvalue weighted by molar-refractivity contribution is 5.94. The van der Waals surface area contributed by atoms with Gasteiger partial charge in [-0.05, 0) is 63.1 Å². The zero-order valence-corrected chi connectivity index (χ0v) is 17.5. The van der Waals surface area contributed by atoms with Gasteiger partial charge in [0.15, 0.2) is 0 Å². The fourth-order valence-corrected chi connectivity index (χ4v) is 3.91. The van der Waals surface area contributed by atoms with Gasteiger partial charge in [-0.1, -0.05) is 0 Å². The van der Waals surface area contributed by atoms with Crippen molar-refractivity contribution >= 4 is 17.5 Å². The molecule has 0 atom stereocenters. The number of likely N-dealkylation sites (tertiary alicyclic amines) is 1. The van der Waals surface area contributed by atoms with Crippen LogP contribution in [-0.2, 0) is 11.8 Å². The maximum Gasteiger partial charge on any atom is 0.272 e. The lowest BCUT2D eigenvalue weighted by Crippen LogP contribution is -2.42. The molecule has 1 N–H and O–H groups in total. The third kappa shape index (κ3) is 3.98. The van der Waals surface area contributed by atoms with Crippen molar-refractivity contribution in [1.82, 2.24) is 24.5 Å². The van der Waals surface area contributed by atoms with Gasteiger partial charge in [0.05, 0.1) is 11.4 Å². The van der Waals surface area contributed by atoms with E-state index in [9.17, 15) is 9.59 Å². The van der Waals surface area contributed by atoms with Crippen LogP contribution in [0.2, 0.25) is 0 Å². The Kier molecular flexibility index (Phi) is 5.39. The van der Waals surface area contributed by atoms with Crippen LogP contribution in [0.5, 0.6) is 0 Å². The summed E-state index contributed by atoms with van der Waals surface area (Å²) < 4.78 is 3.47. The van der Waals surface area contributed by atoms with Gasteiger partial charge < -0.3 is 10.2 Å². The van der Waals surface area contributed by atoms with Crippen LogP contribution in [0.4, 0.5) is 5.69 Å². The van der Waals surface area contributed by atoms with E-state index in [4.69, 9.17) is 0 Å². The first-order chi connectivity index (χ1) is 14.4. The first kappa shape index (κ1) is 19.9. The standard InChI is InChI=1S/C22H26N6O2/c1-15-14-16(2)28(25-15)19-6-4-18(5-7-19)24-21(29)17-9-12-27(13-10-17)22(30)20-8-11-23-26(20)3/h4-8,11,14,17H,9-10,12-13H2,1-3H3,(H,24,29). The van der Waals surface area contributed by atoms with Gasteiger partial charge in [-0.15, -0.1) is 0 Å². The van der Waals surface area contributed by atoms with Crippen molar-refractivity contribution in [3.8, 4) is 5.69 Å². The lowest BCUT2D eigenvalue weighted by Gasteiger charge is -2.31. The summed E-state index contributed by atoms with van der Waals surface area (Å²) in [6.07, 6.45) is 2.92. The molecule has 0 spiro atoms. The van der Waals surface area contributed by atoms with Crippen LogP contribution in [0.15, 0.2) is 42.6 Å². The van der Waals surface area contributed by atoms with E-state index >= 15 is 0 Å². The summed E-state index contributed by atoms with van der Waals surface area (Å²) in [4.78, 5) is 27.1. The van der Waals surface area contributed by atoms with E-state index in [0.29, 0.717) is 31.6 Å². The number of amides is 2. The molecule has 0 unspecified atom stereocenters. The number of anilines is 1. The predicted octanol–water partition coefficient (Wildman–Crippen LogP) is 2.71. The average molecular weight is 406 g/mol. The van der Waals surface area contributed by atoms with Crippen LogP contribution in [-0.4, -0.2) is 49.4 Å². The summed E-state index contributed by atoms with van der Waals surface area (Å²) >= 11 is 0. The first-order valence-corrected chi connectivity index (χ1v) is 10.1. The first-order valence-electron chi connectivity index (χ1n) is 10.1. The fraction of sp³-hybridized carbons (Fsp3) is 0.364. The Balaban J connectivity index is 1.33. The van der Waals surface area contributed by atoms with E-state index in [1.165, 1.54) is 0 Å². The third-order valence-electron chi connectivity index (χ3n) is 5.58. The summed E-state index contributed by atoms with van der Waals surface area (Å²) in [6, 6.07) is 11.4. The second-order valence-corrected chi connectivity index (χ2v) is 7.78. The maximum atomic E-state index is 12.7. The van der Waals surface area contributed by atoms with Gasteiger partial charge in [0.1, 0.15) is 5.69 Å². The van der Waals surface area contributed by atoms with Gasteiger partial charge in [-0.25, -0.2) is 4.68 Å². The van der Waals surface area contributed by atoms with Crippen molar-refractivity contribution in [3.05, 3.63) is 59.7 Å². The van der Waals surface area contributed by atoms with E-state index in [2.05, 4.69) is 15.5 Å². The Morgan fingerprint density at radius 2 is 1.77 bits per heavy atom. The highest BCUT2D eigenvalue weighted by atomic mass is 16.2. The molecule has 3 heterocycles. The zero-order chi connectivity index (χ0) is 21.3. The minimum Gasteiger partial charge on any atom is -0.337 e. The number of carbonyl (C=O) groups is 2. The molecule has 0 radical (unpaired) electrons. The van der Waals surface area contributed by atoms with Crippen molar-refractivity contribution < 1.29 is 9.59 Å². The Labute approximate surface area is 175 Å². The lowest BCUT2D eigenvalue weighted by atomic mass is 9.95. The maximum absolute atomic E-state index is 12.7. The molecule has 1 aliphatic rings. The van der Waals surface area contributed by atoms with Gasteiger partial charge >= 0.3 is 0 Å². The number of aryl methyl sites for hydroxylation is 3. The molecule has 8 nitrogen and oxygen atoms in total. The third-order valence-corrected chi connectivity index (χ3v) is 5.58. The van der Waals surface area contributed by atoms with Crippen molar-refractivity contribution in [2.24, 2.45) is 13.0 Å². The molecule has 156 valence electrons. The highest BCUT2D eigenvalue weighted by Gasteiger charge is 2.28. The number of nitrogens with one attached hydrogen (secondary N) is 1. The Hall–Kier alpha value is -3.42. The van der Waals surface area contributed by atoms with Crippen molar-refractivity contribution in [3.63, 3.8) is 0 Å². The van der Waals surface area contributed by atoms with Crippen molar-refractivity contribution in [2.45, 2.75) is 26.7 Å². The molecule has 1 aliphatic heterocycles. The summed E-state index contributed by atoms with van der Waals surface area (Å²) in [5.74, 6) is -0.133. The molecule has 2 aromatic heterocycles. The van der Waals surface area contributed by atoms with E-state index in [1.54, 1.807) is 28.9 Å². The molecular weight excluding hydrogens is 380 g/mol. The summed E-state index contributed by atoms with van der Waals surface area (Å²) in [7, 11) is 1.76. The molecule has 2 amide bonds. The summed E-state index contributed by atoms with van der Waals surface area (Å²) in [6.45, 7) is 5.12. The second-order valence-electron chi connectivity index (χ2n) is 7.78. The molecule has 30 heavy (non-hydrogen) atoms. The fourth-order valence-electron chi connectivity index (χ4n) is 3.91. The Bertz CT molecular complexity index is 1060. The van der Waals surface area contributed by atoms with Crippen molar-refractivity contribution in [2.75, 3.05) is 18.4 Å². The van der Waals surface area contributed by atoms with Crippen molar-refractivity contribution in [1.29, 1.82) is 0 Å². The van der Waals surface area contributed by atoms with Crippen LogP contribution in [0, 0.1) is 19.8 Å². The topological polar surface area (TPSA) is 85.0 Å². The number of nitrogens with zero attached hydrogens (tertiary/aromatic N) is 5. The molecule has 0 saturated carbocycles. The zero-order valence-electron chi connectivity index (χ0n) is 17.5. The number of aromatic nitrogens is 4. The highest BCUT2D eigenvalue weighted by Crippen LogP contribution is 2.22. The number of piperidine rings is 1. The van der Waals surface area contributed by atoms with Gasteiger partial charge in [0.25, 0.3) is 5.91 Å². The monoisotopic (exact) mass is 406 g/mol. The number of hydrogen-bond acceptors (Lipinski definition) is 4. The average Bonchev–Trinajstić information content (AvgIpc) is 3.32. The number of carbonyl (C=O) groups excluding carboxylic acids is 2. The molecule has 4 rings (SSSR count). The van der Waals surface area contributed by atoms with Gasteiger partial charge in [0.2, 0.25) is 5.91 Å². The van der Waals surface area contributed by atoms with Crippen LogP contribution in [0.1, 0.15) is 34.7 Å². The Morgan fingerprint density at radius 3 is 2.33 bits per heavy atom. The van der Waals surface area contributed by atoms with E-state index in [1.807, 2.05) is 48.9 Å². The smallest absolute Gasteiger partial charge is 0.272 e. The lowest BCUT2D eigenvalue weighted by molar-refractivity contribution is -0.121. The quantitative estimate of drug-likeness (QED) is 0.722. The molecule has 1 aromatic carbocycles. The van der Waals surface area contributed by atoms with Crippen LogP contribution in [0.3, 0.4) is 0 Å². The van der Waals surface area contributed by atoms with Crippen LogP contribution >= 0.6 is 0 Å². The van der Waals surface area contributed by atoms with Gasteiger partial charge in [-0.3, -0.25) is 14.3 Å². The molecule has 1 fully saturated rings. The van der Waals surface area contributed by atoms with Gasteiger partial charge in [0, 0.05) is 43.6 Å². The number of rotatable bonds is 4. The number of benzene rings is 1. The second kappa shape index (κ2) is 8.14. The largest absolute Gasteiger partial charge is 0.337 e. The molecular formula is C22H26N6O2. The Morgan fingerprint density at radius 1 is 1.07 bits per heavy atom. The normalized spacial score (nSPS) is 14.7.